The summed E-state index contributed by atoms with van der Waals surface area (Å²) in [7, 11) is 0. The smallest absolute Gasteiger partial charge is 0.217 e. The maximum atomic E-state index is 12.7. The van der Waals surface area contributed by atoms with Gasteiger partial charge in [-0.2, -0.15) is 0 Å². The summed E-state index contributed by atoms with van der Waals surface area (Å²) in [5, 5.41) is 196. The molecule has 0 aromatic rings. The van der Waals surface area contributed by atoms with Crippen LogP contribution in [0.1, 0.15) is 20.8 Å². The molecule has 0 aliphatic carbocycles. The number of carbonyl (C=O) groups excluding carboxylic acids is 2. The Hall–Kier alpha value is -2.18. The summed E-state index contributed by atoms with van der Waals surface area (Å²) in [5.74, 6) is -1.63. The first-order valence-electron chi connectivity index (χ1n) is 22.9. The lowest BCUT2D eigenvalue weighted by molar-refractivity contribution is -0.390. The van der Waals surface area contributed by atoms with Gasteiger partial charge in [-0.15, -0.1) is 0 Å². The van der Waals surface area contributed by atoms with E-state index in [4.69, 9.17) is 47.4 Å². The number of aliphatic hydroxyl groups excluding tert-OH is 18. The SMILES string of the molecule is CC(=O)N[C@H]1[C@H](O[C@H]2[C@@H](O)[C@@H](CO[C@@H]3O[C@H](CO)[C@@H](O)[C@H](O)[C@H]3NC(C)=O)O[C@@H](O[C@@H]([C@H](O)[C@@H](O)CO)[C@H](O)CO)[C@@H]2O)O[C@H](CO)[C@@H](O[C@@H]2O[C@H](CO)[C@H](O)[C@H](O)[C@H]2O[C@@H]2O[C@@H](C)[C@@H](O)[C@@H](O)[C@@H]2O)[C@@H]1O. The summed E-state index contributed by atoms with van der Waals surface area (Å²) in [6.45, 7) is -2.72. The van der Waals surface area contributed by atoms with E-state index in [0.29, 0.717) is 0 Å². The van der Waals surface area contributed by atoms with Crippen molar-refractivity contribution in [2.75, 3.05) is 39.6 Å². The van der Waals surface area contributed by atoms with Crippen LogP contribution in [0.4, 0.5) is 0 Å². The molecule has 0 saturated carbocycles. The minimum Gasteiger partial charge on any atom is -0.394 e. The molecule has 32 heteroatoms. The highest BCUT2D eigenvalue weighted by Gasteiger charge is 2.57. The predicted octanol–water partition coefficient (Wildman–Crippen LogP) is -13.1. The first-order valence-corrected chi connectivity index (χ1v) is 22.9. The fraction of sp³-hybridized carbons (Fsp3) is 0.950. The van der Waals surface area contributed by atoms with Gasteiger partial charge in [0, 0.05) is 13.8 Å². The van der Waals surface area contributed by atoms with Gasteiger partial charge in [0.1, 0.15) is 140 Å². The molecule has 5 saturated heterocycles. The molecule has 0 unspecified atom stereocenters. The molecule has 0 aromatic carbocycles. The van der Waals surface area contributed by atoms with Crippen LogP contribution in [0.3, 0.4) is 0 Å². The molecule has 5 fully saturated rings. The molecule has 72 heavy (non-hydrogen) atoms. The van der Waals surface area contributed by atoms with Gasteiger partial charge < -0.3 is 150 Å². The van der Waals surface area contributed by atoms with Crippen molar-refractivity contribution in [2.24, 2.45) is 0 Å². The van der Waals surface area contributed by atoms with Crippen LogP contribution in [-0.2, 0) is 57.0 Å². The number of ether oxygens (including phenoxy) is 10. The van der Waals surface area contributed by atoms with E-state index in [1.54, 1.807) is 0 Å². The van der Waals surface area contributed by atoms with Gasteiger partial charge in [-0.3, -0.25) is 9.59 Å². The van der Waals surface area contributed by atoms with E-state index in [-0.39, 0.29) is 0 Å². The molecule has 5 aliphatic heterocycles. The Morgan fingerprint density at radius 2 is 0.972 bits per heavy atom. The predicted molar refractivity (Wildman–Crippen MR) is 223 cm³/mol. The van der Waals surface area contributed by atoms with Gasteiger partial charge >= 0.3 is 0 Å². The summed E-state index contributed by atoms with van der Waals surface area (Å²) in [6.07, 6.45) is -51.6. The molecule has 20 N–H and O–H groups in total. The third kappa shape index (κ3) is 13.7. The van der Waals surface area contributed by atoms with Crippen LogP contribution in [0.5, 0.6) is 0 Å². The Kier molecular flexibility index (Phi) is 22.5. The Balaban J connectivity index is 1.46. The third-order valence-electron chi connectivity index (χ3n) is 12.8. The van der Waals surface area contributed by atoms with Gasteiger partial charge in [0.05, 0.1) is 45.7 Å². The van der Waals surface area contributed by atoms with Gasteiger partial charge in [0.25, 0.3) is 0 Å². The van der Waals surface area contributed by atoms with Crippen molar-refractivity contribution in [2.45, 2.75) is 199 Å². The minimum absolute atomic E-state index is 0.741. The highest BCUT2D eigenvalue weighted by atomic mass is 16.8. The summed E-state index contributed by atoms with van der Waals surface area (Å²) >= 11 is 0. The van der Waals surface area contributed by atoms with Crippen LogP contribution < -0.4 is 10.6 Å². The van der Waals surface area contributed by atoms with E-state index in [9.17, 15) is 102 Å². The monoisotopic (exact) mass is 1060 g/mol. The lowest BCUT2D eigenvalue weighted by Gasteiger charge is -2.50. The minimum atomic E-state index is -2.31. The molecular weight excluding hydrogens is 988 g/mol. The number of hydrogen-bond donors (Lipinski definition) is 20. The molecule has 5 aliphatic rings. The zero-order valence-corrected chi connectivity index (χ0v) is 38.9. The second-order valence-electron chi connectivity index (χ2n) is 18.0. The highest BCUT2D eigenvalue weighted by molar-refractivity contribution is 5.73. The number of carbonyl (C=O) groups is 2. The Labute approximate surface area is 409 Å². The van der Waals surface area contributed by atoms with E-state index >= 15 is 0 Å². The van der Waals surface area contributed by atoms with Crippen molar-refractivity contribution in [1.82, 2.24) is 10.6 Å². The number of amides is 2. The van der Waals surface area contributed by atoms with E-state index < -0.39 is 229 Å². The topological polar surface area (TPSA) is 515 Å². The van der Waals surface area contributed by atoms with Crippen LogP contribution in [0.15, 0.2) is 0 Å². The van der Waals surface area contributed by atoms with Gasteiger partial charge in [-0.05, 0) is 6.92 Å². The van der Waals surface area contributed by atoms with Crippen LogP contribution in [0.25, 0.3) is 0 Å². The standard InChI is InChI=1S/C40H70N2O30/c1-10-21(52)28(59)30(61)38(64-10)72-35-29(60)24(55)16(7-46)66-40(35)70-33-17(8-47)67-37(20(27(33)58)42-12(3)49)71-34-25(56)18(9-63-36-19(41-11(2)48)26(57)23(54)15(6-45)65-36)68-39(31(34)62)69-32(14(51)5-44)22(53)13(50)4-43/h10,13-40,43-47,50-62H,4-9H2,1-3H3,(H,41,48)(H,42,49)/t10-,13-,14+,15+,16+,17+,18+,19+,20+,21+,22+,23+,24-,25-,26+,27+,28+,29-,30-,31+,32+,33+,34-,35+,36+,37-,38-,39-,40-/m0/s1. The second kappa shape index (κ2) is 26.7. The lowest BCUT2D eigenvalue weighted by Crippen LogP contribution is -2.70. The summed E-state index contributed by atoms with van der Waals surface area (Å²) in [6, 6.07) is -3.39. The second-order valence-corrected chi connectivity index (χ2v) is 18.0. The molecule has 0 radical (unpaired) electrons. The van der Waals surface area contributed by atoms with Gasteiger partial charge in [-0.1, -0.05) is 0 Å². The first kappa shape index (κ1) is 60.7. The average Bonchev–Trinajstić information content (AvgIpc) is 3.35. The van der Waals surface area contributed by atoms with E-state index in [0.717, 1.165) is 13.8 Å². The molecule has 0 spiro atoms. The van der Waals surface area contributed by atoms with Crippen molar-refractivity contribution in [3.05, 3.63) is 0 Å². The first-order chi connectivity index (χ1) is 33.9. The molecule has 420 valence electrons. The zero-order chi connectivity index (χ0) is 53.6. The van der Waals surface area contributed by atoms with Crippen LogP contribution in [0, 0.1) is 0 Å². The molecule has 5 heterocycles. The summed E-state index contributed by atoms with van der Waals surface area (Å²) in [5.41, 5.74) is 0. The Morgan fingerprint density at radius 3 is 1.53 bits per heavy atom. The summed E-state index contributed by atoms with van der Waals surface area (Å²) in [4.78, 5) is 24.8. The van der Waals surface area contributed by atoms with Crippen molar-refractivity contribution < 1.29 is 149 Å². The van der Waals surface area contributed by atoms with E-state index in [1.165, 1.54) is 6.92 Å². The van der Waals surface area contributed by atoms with Gasteiger partial charge in [0.15, 0.2) is 31.5 Å². The highest BCUT2D eigenvalue weighted by Crippen LogP contribution is 2.36. The average molecular weight is 1060 g/mol. The van der Waals surface area contributed by atoms with Crippen LogP contribution >= 0.6 is 0 Å². The Morgan fingerprint density at radius 1 is 0.472 bits per heavy atom. The van der Waals surface area contributed by atoms with Crippen molar-refractivity contribution in [3.8, 4) is 0 Å². The van der Waals surface area contributed by atoms with Gasteiger partial charge in [-0.25, -0.2) is 0 Å². The molecule has 32 nitrogen and oxygen atoms in total. The van der Waals surface area contributed by atoms with Crippen molar-refractivity contribution in [3.63, 3.8) is 0 Å². The number of nitrogens with one attached hydrogen (secondary N) is 2. The normalized spacial score (nSPS) is 45.7. The van der Waals surface area contributed by atoms with Crippen molar-refractivity contribution in [1.29, 1.82) is 0 Å². The molecule has 5 rings (SSSR count). The van der Waals surface area contributed by atoms with E-state index in [1.807, 2.05) is 0 Å². The largest absolute Gasteiger partial charge is 0.394 e. The zero-order valence-electron chi connectivity index (χ0n) is 38.9. The molecular formula is C40H70N2O30. The Bertz CT molecular complexity index is 1680. The molecule has 2 amide bonds. The van der Waals surface area contributed by atoms with E-state index in [2.05, 4.69) is 10.6 Å². The molecule has 0 aromatic heterocycles. The fourth-order valence-corrected chi connectivity index (χ4v) is 8.74. The van der Waals surface area contributed by atoms with Crippen molar-refractivity contribution >= 4 is 11.8 Å². The lowest BCUT2D eigenvalue weighted by atomic mass is 9.94. The summed E-state index contributed by atoms with van der Waals surface area (Å²) < 4.78 is 57.6. The maximum absolute atomic E-state index is 12.7. The van der Waals surface area contributed by atoms with Gasteiger partial charge in [0.2, 0.25) is 11.8 Å². The quantitative estimate of drug-likeness (QED) is 0.0507. The fourth-order valence-electron chi connectivity index (χ4n) is 8.74. The number of aliphatic hydroxyl groups is 18. The van der Waals surface area contributed by atoms with Crippen LogP contribution in [0.2, 0.25) is 0 Å². The molecule has 0 bridgehead atoms. The number of hydrogen-bond acceptors (Lipinski definition) is 30. The van der Waals surface area contributed by atoms with Crippen LogP contribution in [-0.4, -0.2) is 321 Å². The third-order valence-corrected chi connectivity index (χ3v) is 12.8. The number of rotatable bonds is 21. The maximum Gasteiger partial charge on any atom is 0.217 e. The molecule has 29 atom stereocenters.